The number of hydrogen-bond acceptors (Lipinski definition) is 4. The Kier molecular flexibility index (Phi) is 4.34. The molecule has 0 saturated carbocycles. The molecule has 1 aromatic carbocycles. The predicted octanol–water partition coefficient (Wildman–Crippen LogP) is 1.49. The molecule has 8 heteroatoms. The van der Waals surface area contributed by atoms with Crippen LogP contribution in [0.25, 0.3) is 0 Å². The molecule has 1 N–H and O–H groups in total. The van der Waals surface area contributed by atoms with E-state index in [1.807, 2.05) is 0 Å². The second-order valence-electron chi connectivity index (χ2n) is 3.85. The van der Waals surface area contributed by atoms with Gasteiger partial charge in [-0.05, 0) is 28.6 Å². The molecule has 0 spiro atoms. The molecule has 19 heavy (non-hydrogen) atoms. The standard InChI is InChI=1S/C11H11Cl2N5O/c1-18-10(15-16-17-18)4-5-14-11(19)8-3-2-7(12)6-9(8)13/h2-3,6H,4-5H2,1H3,(H,14,19). The fraction of sp³-hybridized carbons (Fsp3) is 0.273. The number of nitrogens with one attached hydrogen (secondary N) is 1. The third kappa shape index (κ3) is 3.42. The van der Waals surface area contributed by atoms with E-state index in [0.717, 1.165) is 0 Å². The number of amides is 1. The molecule has 0 aliphatic carbocycles. The number of hydrogen-bond donors (Lipinski definition) is 1. The molecule has 0 radical (unpaired) electrons. The van der Waals surface area contributed by atoms with Crippen LogP contribution in [0.15, 0.2) is 18.2 Å². The largest absolute Gasteiger partial charge is 0.352 e. The van der Waals surface area contributed by atoms with Crippen molar-refractivity contribution in [2.75, 3.05) is 6.54 Å². The van der Waals surface area contributed by atoms with Gasteiger partial charge in [-0.25, -0.2) is 4.68 Å². The number of aryl methyl sites for hydroxylation is 1. The van der Waals surface area contributed by atoms with Crippen LogP contribution >= 0.6 is 23.2 Å². The fourth-order valence-corrected chi connectivity index (χ4v) is 2.01. The Labute approximate surface area is 119 Å². The summed E-state index contributed by atoms with van der Waals surface area (Å²) in [5.74, 6) is 0.444. The Hall–Kier alpha value is -1.66. The highest BCUT2D eigenvalue weighted by Crippen LogP contribution is 2.20. The molecule has 0 saturated heterocycles. The van der Waals surface area contributed by atoms with Gasteiger partial charge in [-0.2, -0.15) is 0 Å². The predicted molar refractivity (Wildman–Crippen MR) is 71.3 cm³/mol. The average molecular weight is 300 g/mol. The summed E-state index contributed by atoms with van der Waals surface area (Å²) in [6.45, 7) is 0.423. The highest BCUT2D eigenvalue weighted by molar-refractivity contribution is 6.36. The second kappa shape index (κ2) is 5.99. The monoisotopic (exact) mass is 299 g/mol. The maximum atomic E-state index is 11.9. The van der Waals surface area contributed by atoms with Crippen molar-refractivity contribution in [2.24, 2.45) is 7.05 Å². The minimum atomic E-state index is -0.253. The fourth-order valence-electron chi connectivity index (χ4n) is 1.52. The first kappa shape index (κ1) is 13.8. The van der Waals surface area contributed by atoms with Gasteiger partial charge in [0.2, 0.25) is 0 Å². The zero-order chi connectivity index (χ0) is 13.8. The molecule has 0 bridgehead atoms. The normalized spacial score (nSPS) is 10.5. The van der Waals surface area contributed by atoms with Crippen LogP contribution in [-0.2, 0) is 13.5 Å². The zero-order valence-corrected chi connectivity index (χ0v) is 11.6. The van der Waals surface area contributed by atoms with Crippen LogP contribution in [0.2, 0.25) is 10.0 Å². The first-order valence-electron chi connectivity index (χ1n) is 5.52. The molecular weight excluding hydrogens is 289 g/mol. The lowest BCUT2D eigenvalue weighted by molar-refractivity contribution is 0.0954. The quantitative estimate of drug-likeness (QED) is 0.928. The number of halogens is 2. The lowest BCUT2D eigenvalue weighted by Gasteiger charge is -2.06. The molecule has 0 atom stereocenters. The van der Waals surface area contributed by atoms with Crippen molar-refractivity contribution in [3.8, 4) is 0 Å². The summed E-state index contributed by atoms with van der Waals surface area (Å²) >= 11 is 11.7. The summed E-state index contributed by atoms with van der Waals surface area (Å²) < 4.78 is 1.56. The van der Waals surface area contributed by atoms with Gasteiger partial charge < -0.3 is 5.32 Å². The van der Waals surface area contributed by atoms with Crippen LogP contribution in [0.4, 0.5) is 0 Å². The van der Waals surface area contributed by atoms with Gasteiger partial charge in [0, 0.05) is 25.0 Å². The molecule has 1 amide bonds. The van der Waals surface area contributed by atoms with Gasteiger partial charge in [-0.3, -0.25) is 4.79 Å². The number of benzene rings is 1. The van der Waals surface area contributed by atoms with Crippen LogP contribution < -0.4 is 5.32 Å². The van der Waals surface area contributed by atoms with Gasteiger partial charge in [0.25, 0.3) is 5.91 Å². The first-order chi connectivity index (χ1) is 9.08. The number of carbonyl (C=O) groups is 1. The maximum Gasteiger partial charge on any atom is 0.252 e. The van der Waals surface area contributed by atoms with Crippen molar-refractivity contribution >= 4 is 29.1 Å². The lowest BCUT2D eigenvalue weighted by Crippen LogP contribution is -2.26. The highest BCUT2D eigenvalue weighted by Gasteiger charge is 2.10. The molecule has 1 heterocycles. The van der Waals surface area contributed by atoms with Crippen LogP contribution in [-0.4, -0.2) is 32.7 Å². The van der Waals surface area contributed by atoms with E-state index in [4.69, 9.17) is 23.2 Å². The molecular formula is C11H11Cl2N5O. The van der Waals surface area contributed by atoms with Crippen molar-refractivity contribution < 1.29 is 4.79 Å². The van der Waals surface area contributed by atoms with Crippen molar-refractivity contribution in [3.05, 3.63) is 39.6 Å². The second-order valence-corrected chi connectivity index (χ2v) is 4.69. The van der Waals surface area contributed by atoms with Gasteiger partial charge in [-0.1, -0.05) is 23.2 Å². The van der Waals surface area contributed by atoms with E-state index in [1.165, 1.54) is 6.07 Å². The van der Waals surface area contributed by atoms with Crippen molar-refractivity contribution in [3.63, 3.8) is 0 Å². The van der Waals surface area contributed by atoms with Gasteiger partial charge in [0.15, 0.2) is 5.82 Å². The summed E-state index contributed by atoms with van der Waals surface area (Å²) in [6, 6.07) is 4.74. The van der Waals surface area contributed by atoms with E-state index in [1.54, 1.807) is 23.9 Å². The lowest BCUT2D eigenvalue weighted by atomic mass is 10.2. The maximum absolute atomic E-state index is 11.9. The van der Waals surface area contributed by atoms with Gasteiger partial charge in [-0.15, -0.1) is 5.10 Å². The molecule has 6 nitrogen and oxygen atoms in total. The van der Waals surface area contributed by atoms with Crippen LogP contribution in [0.5, 0.6) is 0 Å². The molecule has 0 unspecified atom stereocenters. The van der Waals surface area contributed by atoms with Crippen LogP contribution in [0.3, 0.4) is 0 Å². The Bertz CT molecular complexity index is 599. The van der Waals surface area contributed by atoms with E-state index < -0.39 is 0 Å². The average Bonchev–Trinajstić information content (AvgIpc) is 2.75. The minimum absolute atomic E-state index is 0.253. The molecule has 0 aliphatic rings. The zero-order valence-electron chi connectivity index (χ0n) is 10.1. The number of tetrazole rings is 1. The SMILES string of the molecule is Cn1nnnc1CCNC(=O)c1ccc(Cl)cc1Cl. The van der Waals surface area contributed by atoms with Gasteiger partial charge >= 0.3 is 0 Å². The minimum Gasteiger partial charge on any atom is -0.352 e. The third-order valence-corrected chi connectivity index (χ3v) is 3.07. The van der Waals surface area contributed by atoms with Gasteiger partial charge in [0.1, 0.15) is 0 Å². The molecule has 100 valence electrons. The number of rotatable bonds is 4. The van der Waals surface area contributed by atoms with E-state index >= 15 is 0 Å². The highest BCUT2D eigenvalue weighted by atomic mass is 35.5. The van der Waals surface area contributed by atoms with Crippen LogP contribution in [0, 0.1) is 0 Å². The van der Waals surface area contributed by atoms with E-state index in [2.05, 4.69) is 20.8 Å². The summed E-state index contributed by atoms with van der Waals surface area (Å²) in [5, 5.41) is 14.6. The molecule has 0 aliphatic heterocycles. The number of nitrogens with zero attached hydrogens (tertiary/aromatic N) is 4. The summed E-state index contributed by atoms with van der Waals surface area (Å²) in [7, 11) is 1.74. The first-order valence-corrected chi connectivity index (χ1v) is 6.28. The van der Waals surface area contributed by atoms with E-state index in [-0.39, 0.29) is 5.91 Å². The molecule has 2 rings (SSSR count). The smallest absolute Gasteiger partial charge is 0.252 e. The van der Waals surface area contributed by atoms with Gasteiger partial charge in [0.05, 0.1) is 10.6 Å². The molecule has 0 fully saturated rings. The van der Waals surface area contributed by atoms with Crippen molar-refractivity contribution in [1.29, 1.82) is 0 Å². The number of carbonyl (C=O) groups excluding carboxylic acids is 1. The van der Waals surface area contributed by atoms with Crippen LogP contribution in [0.1, 0.15) is 16.2 Å². The van der Waals surface area contributed by atoms with Crippen molar-refractivity contribution in [1.82, 2.24) is 25.5 Å². The Morgan fingerprint density at radius 1 is 1.42 bits per heavy atom. The number of aromatic nitrogens is 4. The molecule has 1 aromatic heterocycles. The Balaban J connectivity index is 1.93. The topological polar surface area (TPSA) is 72.7 Å². The van der Waals surface area contributed by atoms with E-state index in [9.17, 15) is 4.79 Å². The van der Waals surface area contributed by atoms with E-state index in [0.29, 0.717) is 34.4 Å². The Morgan fingerprint density at radius 3 is 2.84 bits per heavy atom. The summed E-state index contributed by atoms with van der Waals surface area (Å²) in [6.07, 6.45) is 0.542. The summed E-state index contributed by atoms with van der Waals surface area (Å²) in [5.41, 5.74) is 0.391. The molecule has 2 aromatic rings. The summed E-state index contributed by atoms with van der Waals surface area (Å²) in [4.78, 5) is 11.9. The third-order valence-electron chi connectivity index (χ3n) is 2.52. The van der Waals surface area contributed by atoms with Crippen molar-refractivity contribution in [2.45, 2.75) is 6.42 Å². The Morgan fingerprint density at radius 2 is 2.21 bits per heavy atom.